The topological polar surface area (TPSA) is 30.9 Å². The Hall–Kier alpha value is -1.83. The molecule has 0 bridgehead atoms. The van der Waals surface area contributed by atoms with Crippen LogP contribution in [0.2, 0.25) is 0 Å². The fraction of sp³-hybridized carbons (Fsp3) is 0.350. The van der Waals surface area contributed by atoms with Gasteiger partial charge in [-0.3, -0.25) is 4.99 Å². The maximum atomic E-state index is 13.2. The third-order valence-corrected chi connectivity index (χ3v) is 4.50. The Bertz CT molecular complexity index is 700. The van der Waals surface area contributed by atoms with Crippen molar-refractivity contribution in [2.45, 2.75) is 6.42 Å². The van der Waals surface area contributed by atoms with Crippen LogP contribution in [0.1, 0.15) is 5.56 Å². The summed E-state index contributed by atoms with van der Waals surface area (Å²) < 4.78 is 13.2. The number of benzene rings is 2. The summed E-state index contributed by atoms with van der Waals surface area (Å²) in [6.45, 7) is 4.58. The second kappa shape index (κ2) is 10.4. The number of hydrogen-bond donors (Lipinski definition) is 1. The van der Waals surface area contributed by atoms with Gasteiger partial charge in [0.25, 0.3) is 0 Å². The summed E-state index contributed by atoms with van der Waals surface area (Å²) in [5.74, 6) is 0.739. The monoisotopic (exact) mass is 468 g/mol. The molecule has 6 heteroatoms. The van der Waals surface area contributed by atoms with Crippen LogP contribution in [0.3, 0.4) is 0 Å². The molecule has 0 saturated carbocycles. The van der Waals surface area contributed by atoms with Crippen molar-refractivity contribution in [2.75, 3.05) is 44.7 Å². The van der Waals surface area contributed by atoms with Crippen LogP contribution >= 0.6 is 24.0 Å². The summed E-state index contributed by atoms with van der Waals surface area (Å²) in [6, 6.07) is 17.3. The Morgan fingerprint density at radius 3 is 2.42 bits per heavy atom. The summed E-state index contributed by atoms with van der Waals surface area (Å²) in [7, 11) is 1.81. The van der Waals surface area contributed by atoms with Crippen LogP contribution in [0.15, 0.2) is 59.6 Å². The molecule has 1 aliphatic heterocycles. The van der Waals surface area contributed by atoms with Gasteiger partial charge in [0.05, 0.1) is 0 Å². The zero-order valence-electron chi connectivity index (χ0n) is 15.1. The number of nitrogens with one attached hydrogen (secondary N) is 1. The third-order valence-electron chi connectivity index (χ3n) is 4.50. The third kappa shape index (κ3) is 5.59. The van der Waals surface area contributed by atoms with Crippen molar-refractivity contribution in [2.24, 2.45) is 4.99 Å². The van der Waals surface area contributed by atoms with E-state index < -0.39 is 0 Å². The second-order valence-corrected chi connectivity index (χ2v) is 6.16. The van der Waals surface area contributed by atoms with Crippen molar-refractivity contribution in [3.05, 3.63) is 66.0 Å². The van der Waals surface area contributed by atoms with Gasteiger partial charge in [-0.1, -0.05) is 30.3 Å². The molecule has 0 spiro atoms. The van der Waals surface area contributed by atoms with Gasteiger partial charge in [-0.25, -0.2) is 4.39 Å². The molecule has 26 heavy (non-hydrogen) atoms. The van der Waals surface area contributed by atoms with Crippen LogP contribution in [-0.2, 0) is 6.42 Å². The first kappa shape index (κ1) is 20.5. The van der Waals surface area contributed by atoms with E-state index in [1.54, 1.807) is 12.1 Å². The minimum absolute atomic E-state index is 0. The van der Waals surface area contributed by atoms with E-state index in [-0.39, 0.29) is 29.8 Å². The Morgan fingerprint density at radius 1 is 1.04 bits per heavy atom. The van der Waals surface area contributed by atoms with Gasteiger partial charge in [0.15, 0.2) is 5.96 Å². The first-order valence-corrected chi connectivity index (χ1v) is 8.76. The number of guanidine groups is 1. The Labute approximate surface area is 172 Å². The maximum Gasteiger partial charge on any atom is 0.193 e. The Kier molecular flexibility index (Phi) is 8.15. The highest BCUT2D eigenvalue weighted by molar-refractivity contribution is 14.0. The highest BCUT2D eigenvalue weighted by Gasteiger charge is 2.19. The van der Waals surface area contributed by atoms with Crippen molar-refractivity contribution in [1.29, 1.82) is 0 Å². The number of aliphatic imine (C=N–C) groups is 1. The molecule has 2 aromatic rings. The summed E-state index contributed by atoms with van der Waals surface area (Å²) in [5, 5.41) is 3.40. The van der Waals surface area contributed by atoms with E-state index in [0.29, 0.717) is 0 Å². The van der Waals surface area contributed by atoms with E-state index in [4.69, 9.17) is 0 Å². The highest BCUT2D eigenvalue weighted by Crippen LogP contribution is 2.15. The van der Waals surface area contributed by atoms with Crippen LogP contribution in [-0.4, -0.2) is 50.6 Å². The molecule has 4 nitrogen and oxygen atoms in total. The molecule has 1 heterocycles. The lowest BCUT2D eigenvalue weighted by Gasteiger charge is -2.37. The highest BCUT2D eigenvalue weighted by atomic mass is 127. The summed E-state index contributed by atoms with van der Waals surface area (Å²) in [5.41, 5.74) is 2.27. The molecule has 140 valence electrons. The Balaban J connectivity index is 0.00000243. The Morgan fingerprint density at radius 2 is 1.77 bits per heavy atom. The average Bonchev–Trinajstić information content (AvgIpc) is 2.66. The zero-order chi connectivity index (χ0) is 17.5. The van der Waals surface area contributed by atoms with E-state index in [1.807, 2.05) is 19.2 Å². The van der Waals surface area contributed by atoms with Gasteiger partial charge in [-0.15, -0.1) is 24.0 Å². The standard InChI is InChI=1S/C20H25FN4.HI/c1-22-20(23-11-10-17-6-5-7-18(21)16-17)25-14-12-24(13-15-25)19-8-3-2-4-9-19;/h2-9,16H,10-15H2,1H3,(H,22,23);1H. The van der Waals surface area contributed by atoms with E-state index in [1.165, 1.54) is 11.8 Å². The van der Waals surface area contributed by atoms with Gasteiger partial charge in [0, 0.05) is 45.5 Å². The van der Waals surface area contributed by atoms with Gasteiger partial charge in [0.1, 0.15) is 5.82 Å². The first-order valence-electron chi connectivity index (χ1n) is 8.76. The van der Waals surface area contributed by atoms with Crippen LogP contribution < -0.4 is 10.2 Å². The lowest BCUT2D eigenvalue weighted by molar-refractivity contribution is 0.373. The van der Waals surface area contributed by atoms with Crippen molar-refractivity contribution >= 4 is 35.6 Å². The molecule has 2 aromatic carbocycles. The predicted octanol–water partition coefficient (Wildman–Crippen LogP) is 3.38. The SMILES string of the molecule is CN=C(NCCc1cccc(F)c1)N1CCN(c2ccccc2)CC1.I. The number of para-hydroxylation sites is 1. The minimum Gasteiger partial charge on any atom is -0.368 e. The van der Waals surface area contributed by atoms with Gasteiger partial charge in [-0.2, -0.15) is 0 Å². The van der Waals surface area contributed by atoms with Crippen LogP contribution in [0.25, 0.3) is 0 Å². The van der Waals surface area contributed by atoms with Crippen LogP contribution in [0, 0.1) is 5.82 Å². The summed E-state index contributed by atoms with van der Waals surface area (Å²) in [4.78, 5) is 9.08. The zero-order valence-corrected chi connectivity index (χ0v) is 17.4. The second-order valence-electron chi connectivity index (χ2n) is 6.16. The fourth-order valence-corrected chi connectivity index (χ4v) is 3.16. The number of hydrogen-bond acceptors (Lipinski definition) is 2. The molecule has 1 fully saturated rings. The van der Waals surface area contributed by atoms with Crippen molar-refractivity contribution in [1.82, 2.24) is 10.2 Å². The number of halogens is 2. The molecule has 0 atom stereocenters. The largest absolute Gasteiger partial charge is 0.368 e. The number of rotatable bonds is 4. The molecule has 0 aliphatic carbocycles. The van der Waals surface area contributed by atoms with Crippen molar-refractivity contribution in [3.8, 4) is 0 Å². The number of piperazine rings is 1. The van der Waals surface area contributed by atoms with E-state index >= 15 is 0 Å². The van der Waals surface area contributed by atoms with E-state index in [9.17, 15) is 4.39 Å². The van der Waals surface area contributed by atoms with Crippen LogP contribution in [0.5, 0.6) is 0 Å². The summed E-state index contributed by atoms with van der Waals surface area (Å²) >= 11 is 0. The molecular weight excluding hydrogens is 442 g/mol. The molecule has 1 aliphatic rings. The molecule has 1 saturated heterocycles. The van der Waals surface area contributed by atoms with Crippen molar-refractivity contribution < 1.29 is 4.39 Å². The van der Waals surface area contributed by atoms with Crippen LogP contribution in [0.4, 0.5) is 10.1 Å². The smallest absolute Gasteiger partial charge is 0.193 e. The molecular formula is C20H26FIN4. The van der Waals surface area contributed by atoms with Gasteiger partial charge < -0.3 is 15.1 Å². The normalized spacial score (nSPS) is 14.8. The lowest BCUT2D eigenvalue weighted by atomic mass is 10.1. The number of nitrogens with zero attached hydrogens (tertiary/aromatic N) is 3. The molecule has 0 radical (unpaired) electrons. The first-order chi connectivity index (χ1) is 12.3. The fourth-order valence-electron chi connectivity index (χ4n) is 3.16. The molecule has 0 aromatic heterocycles. The van der Waals surface area contributed by atoms with Gasteiger partial charge in [0.2, 0.25) is 0 Å². The molecule has 1 N–H and O–H groups in total. The molecule has 0 amide bonds. The lowest BCUT2D eigenvalue weighted by Crippen LogP contribution is -2.52. The quantitative estimate of drug-likeness (QED) is 0.424. The minimum atomic E-state index is -0.182. The summed E-state index contributed by atoms with van der Waals surface area (Å²) in [6.07, 6.45) is 0.779. The maximum absolute atomic E-state index is 13.2. The van der Waals surface area contributed by atoms with E-state index in [0.717, 1.165) is 50.7 Å². The van der Waals surface area contributed by atoms with Gasteiger partial charge >= 0.3 is 0 Å². The molecule has 0 unspecified atom stereocenters. The van der Waals surface area contributed by atoms with Crippen molar-refractivity contribution in [3.63, 3.8) is 0 Å². The van der Waals surface area contributed by atoms with Gasteiger partial charge in [-0.05, 0) is 36.2 Å². The number of anilines is 1. The molecule has 3 rings (SSSR count). The predicted molar refractivity (Wildman–Crippen MR) is 117 cm³/mol. The van der Waals surface area contributed by atoms with E-state index in [2.05, 4.69) is 44.4 Å². The average molecular weight is 468 g/mol.